The number of carboxylic acid groups (broad SMARTS) is 1. The van der Waals surface area contributed by atoms with E-state index in [1.54, 1.807) is 0 Å². The van der Waals surface area contributed by atoms with E-state index in [-0.39, 0.29) is 5.70 Å². The highest BCUT2D eigenvalue weighted by Crippen LogP contribution is 1.99. The molecule has 0 heterocycles. The smallest absolute Gasteiger partial charge is 0.352 e. The van der Waals surface area contributed by atoms with Gasteiger partial charge in [-0.15, -0.1) is 0 Å². The van der Waals surface area contributed by atoms with Crippen molar-refractivity contribution in [1.29, 1.82) is 0 Å². The molecule has 0 aliphatic rings. The number of hydrogen-bond acceptors (Lipinski definition) is 2. The molecule has 4 nitrogen and oxygen atoms in total. The topological polar surface area (TPSA) is 57.6 Å². The zero-order valence-corrected chi connectivity index (χ0v) is 6.57. The predicted octanol–water partition coefficient (Wildman–Crippen LogP) is 0.453. The van der Waals surface area contributed by atoms with Crippen LogP contribution in [-0.2, 0) is 9.59 Å². The number of allylic oxidation sites excluding steroid dienone is 1. The van der Waals surface area contributed by atoms with Crippen molar-refractivity contribution >= 4 is 12.4 Å². The van der Waals surface area contributed by atoms with E-state index in [0.29, 0.717) is 12.8 Å². The van der Waals surface area contributed by atoms with Gasteiger partial charge in [0.05, 0.1) is 0 Å². The van der Waals surface area contributed by atoms with Gasteiger partial charge in [-0.2, -0.15) is 0 Å². The Bertz CT molecular complexity index is 186. The van der Waals surface area contributed by atoms with E-state index in [4.69, 9.17) is 5.11 Å². The monoisotopic (exact) mass is 157 g/mol. The van der Waals surface area contributed by atoms with E-state index in [2.05, 4.69) is 0 Å². The molecule has 0 spiro atoms. The maximum Gasteiger partial charge on any atom is 0.352 e. The number of amides is 1. The highest BCUT2D eigenvalue weighted by molar-refractivity contribution is 5.88. The summed E-state index contributed by atoms with van der Waals surface area (Å²) in [7, 11) is 1.41. The molecule has 0 aliphatic heterocycles. The Balaban J connectivity index is 4.46. The lowest BCUT2D eigenvalue weighted by Crippen LogP contribution is -2.21. The molecule has 11 heavy (non-hydrogen) atoms. The number of nitrogens with zero attached hydrogens (tertiary/aromatic N) is 1. The Morgan fingerprint density at radius 2 is 2.18 bits per heavy atom. The maximum atomic E-state index is 10.4. The molecule has 62 valence electrons. The molecule has 0 saturated heterocycles. The van der Waals surface area contributed by atoms with Gasteiger partial charge in [0.25, 0.3) is 0 Å². The van der Waals surface area contributed by atoms with Gasteiger partial charge < -0.3 is 10.0 Å². The number of hydrogen-bond donors (Lipinski definition) is 1. The van der Waals surface area contributed by atoms with Crippen molar-refractivity contribution in [3.05, 3.63) is 11.8 Å². The summed E-state index contributed by atoms with van der Waals surface area (Å²) < 4.78 is 0. The molecule has 1 N–H and O–H groups in total. The second-order valence-electron chi connectivity index (χ2n) is 2.02. The molecule has 0 atom stereocenters. The van der Waals surface area contributed by atoms with Crippen molar-refractivity contribution < 1.29 is 14.7 Å². The van der Waals surface area contributed by atoms with Crippen molar-refractivity contribution in [3.8, 4) is 0 Å². The van der Waals surface area contributed by atoms with Gasteiger partial charge in [0.2, 0.25) is 6.41 Å². The van der Waals surface area contributed by atoms with Gasteiger partial charge in [-0.3, -0.25) is 4.79 Å². The largest absolute Gasteiger partial charge is 0.477 e. The fourth-order valence-corrected chi connectivity index (χ4v) is 0.632. The summed E-state index contributed by atoms with van der Waals surface area (Å²) in [4.78, 5) is 21.6. The zero-order valence-electron chi connectivity index (χ0n) is 6.57. The minimum absolute atomic E-state index is 0.0162. The molecule has 0 rings (SSSR count). The van der Waals surface area contributed by atoms with Gasteiger partial charge in [0.15, 0.2) is 0 Å². The molecule has 0 aromatic heterocycles. The van der Waals surface area contributed by atoms with Crippen molar-refractivity contribution in [2.75, 3.05) is 7.05 Å². The molecule has 1 amide bonds. The molecular weight excluding hydrogens is 146 g/mol. The third-order valence-corrected chi connectivity index (χ3v) is 1.15. The third kappa shape index (κ3) is 2.84. The van der Waals surface area contributed by atoms with Gasteiger partial charge in [-0.05, 0) is 6.42 Å². The van der Waals surface area contributed by atoms with Gasteiger partial charge in [0.1, 0.15) is 5.70 Å². The first-order valence-electron chi connectivity index (χ1n) is 3.25. The summed E-state index contributed by atoms with van der Waals surface area (Å²) in [5, 5.41) is 8.54. The average molecular weight is 157 g/mol. The van der Waals surface area contributed by atoms with Crippen LogP contribution in [0.1, 0.15) is 13.3 Å². The van der Waals surface area contributed by atoms with Crippen molar-refractivity contribution in [2.45, 2.75) is 13.3 Å². The standard InChI is InChI=1S/C7H11NO3/c1-3-4-6(7(10)11)8(2)5-9/h4-5H,3H2,1-2H3,(H,10,11)/b6-4+. The van der Waals surface area contributed by atoms with Crippen molar-refractivity contribution in [2.24, 2.45) is 0 Å². The molecule has 0 unspecified atom stereocenters. The second-order valence-corrected chi connectivity index (χ2v) is 2.02. The van der Waals surface area contributed by atoms with E-state index in [1.807, 2.05) is 6.92 Å². The summed E-state index contributed by atoms with van der Waals surface area (Å²) in [5.41, 5.74) is 0.0162. The first-order chi connectivity index (χ1) is 5.13. The van der Waals surface area contributed by atoms with Gasteiger partial charge in [0, 0.05) is 7.05 Å². The molecule has 0 fully saturated rings. The fourth-order valence-electron chi connectivity index (χ4n) is 0.632. The molecule has 4 heteroatoms. The van der Waals surface area contributed by atoms with Crippen LogP contribution in [0.15, 0.2) is 11.8 Å². The molecular formula is C7H11NO3. The number of carbonyl (C=O) groups is 2. The summed E-state index contributed by atoms with van der Waals surface area (Å²) in [6.45, 7) is 1.81. The quantitative estimate of drug-likeness (QED) is 0.476. The lowest BCUT2D eigenvalue weighted by atomic mass is 10.3. The van der Waals surface area contributed by atoms with Gasteiger partial charge in [-0.25, -0.2) is 4.79 Å². The Morgan fingerprint density at radius 3 is 2.45 bits per heavy atom. The fraction of sp³-hybridized carbons (Fsp3) is 0.429. The number of rotatable bonds is 4. The minimum atomic E-state index is -1.08. The molecule has 0 bridgehead atoms. The van der Waals surface area contributed by atoms with Gasteiger partial charge >= 0.3 is 5.97 Å². The zero-order chi connectivity index (χ0) is 8.85. The number of aliphatic carboxylic acids is 1. The van der Waals surface area contributed by atoms with E-state index in [0.717, 1.165) is 4.90 Å². The van der Waals surface area contributed by atoms with Crippen molar-refractivity contribution in [3.63, 3.8) is 0 Å². The summed E-state index contributed by atoms with van der Waals surface area (Å²) in [6, 6.07) is 0. The minimum Gasteiger partial charge on any atom is -0.477 e. The summed E-state index contributed by atoms with van der Waals surface area (Å²) in [6.07, 6.45) is 2.55. The van der Waals surface area contributed by atoms with E-state index in [1.165, 1.54) is 13.1 Å². The van der Waals surface area contributed by atoms with Crippen LogP contribution in [0.4, 0.5) is 0 Å². The summed E-state index contributed by atoms with van der Waals surface area (Å²) in [5.74, 6) is -1.08. The molecule has 0 saturated carbocycles. The van der Waals surface area contributed by atoms with Crippen LogP contribution in [0.5, 0.6) is 0 Å². The highest BCUT2D eigenvalue weighted by Gasteiger charge is 2.09. The predicted molar refractivity (Wildman–Crippen MR) is 39.8 cm³/mol. The van der Waals surface area contributed by atoms with Crippen molar-refractivity contribution in [1.82, 2.24) is 4.90 Å². The van der Waals surface area contributed by atoms with Crippen LogP contribution in [0.2, 0.25) is 0 Å². The molecule has 0 aliphatic carbocycles. The second kappa shape index (κ2) is 4.49. The lowest BCUT2D eigenvalue weighted by molar-refractivity contribution is -0.136. The third-order valence-electron chi connectivity index (χ3n) is 1.15. The number of carboxylic acids is 1. The Morgan fingerprint density at radius 1 is 1.64 bits per heavy atom. The van der Waals surface area contributed by atoms with E-state index < -0.39 is 5.97 Å². The van der Waals surface area contributed by atoms with E-state index in [9.17, 15) is 9.59 Å². The van der Waals surface area contributed by atoms with Gasteiger partial charge in [-0.1, -0.05) is 13.0 Å². The van der Waals surface area contributed by atoms with Crippen LogP contribution in [-0.4, -0.2) is 29.4 Å². The highest BCUT2D eigenvalue weighted by atomic mass is 16.4. The van der Waals surface area contributed by atoms with E-state index >= 15 is 0 Å². The van der Waals surface area contributed by atoms with Crippen LogP contribution < -0.4 is 0 Å². The maximum absolute atomic E-state index is 10.4. The Labute approximate surface area is 65.1 Å². The average Bonchev–Trinajstić information content (AvgIpc) is 1.98. The first kappa shape index (κ1) is 9.68. The summed E-state index contributed by atoms with van der Waals surface area (Å²) >= 11 is 0. The van der Waals surface area contributed by atoms with Crippen LogP contribution in [0, 0.1) is 0 Å². The first-order valence-corrected chi connectivity index (χ1v) is 3.25. The van der Waals surface area contributed by atoms with Crippen LogP contribution >= 0.6 is 0 Å². The SMILES string of the molecule is CC/C=C(\C(=O)O)N(C)C=O. The number of carbonyl (C=O) groups excluding carboxylic acids is 1. The Kier molecular flexibility index (Phi) is 3.95. The number of likely N-dealkylation sites (N-methyl/N-ethyl adjacent to an activating group) is 1. The normalized spacial score (nSPS) is 10.9. The lowest BCUT2D eigenvalue weighted by Gasteiger charge is -2.09. The molecule has 0 aromatic rings. The van der Waals surface area contributed by atoms with Crippen LogP contribution in [0.25, 0.3) is 0 Å². The molecule has 0 radical (unpaired) electrons. The van der Waals surface area contributed by atoms with Crippen LogP contribution in [0.3, 0.4) is 0 Å². The Hall–Kier alpha value is -1.32. The molecule has 0 aromatic carbocycles.